The SMILES string of the molecule is O=S(=O)(O)c1cc(S)c2cccc(O)c2c1.[Na]. The molecule has 0 unspecified atom stereocenters. The average Bonchev–Trinajstić information content (AvgIpc) is 2.18. The molecule has 85 valence electrons. The number of phenolic OH excluding ortho intramolecular Hbond substituents is 1. The minimum Gasteiger partial charge on any atom is -0.507 e. The van der Waals surface area contributed by atoms with E-state index in [9.17, 15) is 13.5 Å². The average molecular weight is 279 g/mol. The number of fused-ring (bicyclic) bond motifs is 1. The number of hydrogen-bond donors (Lipinski definition) is 3. The molecule has 0 amide bonds. The van der Waals surface area contributed by atoms with Gasteiger partial charge in [0.05, 0.1) is 4.90 Å². The van der Waals surface area contributed by atoms with Gasteiger partial charge in [0.1, 0.15) is 5.75 Å². The molecule has 2 aromatic carbocycles. The smallest absolute Gasteiger partial charge is 0.294 e. The molecular weight excluding hydrogens is 271 g/mol. The number of aromatic hydroxyl groups is 1. The van der Waals surface area contributed by atoms with Gasteiger partial charge in [0.25, 0.3) is 10.1 Å². The molecule has 0 aliphatic heterocycles. The van der Waals surface area contributed by atoms with E-state index in [2.05, 4.69) is 12.6 Å². The van der Waals surface area contributed by atoms with Crippen LogP contribution in [0.5, 0.6) is 5.75 Å². The molecule has 17 heavy (non-hydrogen) atoms. The van der Waals surface area contributed by atoms with Crippen LogP contribution in [0.3, 0.4) is 0 Å². The summed E-state index contributed by atoms with van der Waals surface area (Å²) >= 11 is 4.11. The fourth-order valence-corrected chi connectivity index (χ4v) is 2.43. The molecule has 7 heteroatoms. The molecule has 0 heterocycles. The number of phenols is 1. The van der Waals surface area contributed by atoms with Gasteiger partial charge in [0.15, 0.2) is 0 Å². The summed E-state index contributed by atoms with van der Waals surface area (Å²) in [5.41, 5.74) is 0. The summed E-state index contributed by atoms with van der Waals surface area (Å²) in [6, 6.07) is 7.21. The number of thiol groups is 1. The van der Waals surface area contributed by atoms with E-state index in [1.807, 2.05) is 0 Å². The van der Waals surface area contributed by atoms with Crippen molar-refractivity contribution in [1.82, 2.24) is 0 Å². The first-order valence-electron chi connectivity index (χ1n) is 4.32. The first-order valence-corrected chi connectivity index (χ1v) is 6.20. The van der Waals surface area contributed by atoms with E-state index in [-0.39, 0.29) is 40.2 Å². The van der Waals surface area contributed by atoms with Crippen molar-refractivity contribution in [3.05, 3.63) is 30.3 Å². The van der Waals surface area contributed by atoms with Crippen LogP contribution in [0.25, 0.3) is 10.8 Å². The van der Waals surface area contributed by atoms with Crippen molar-refractivity contribution in [2.24, 2.45) is 0 Å². The summed E-state index contributed by atoms with van der Waals surface area (Å²) < 4.78 is 30.9. The van der Waals surface area contributed by atoms with Crippen LogP contribution in [0, 0.1) is 0 Å². The Balaban J connectivity index is 0.00000144. The third kappa shape index (κ3) is 2.96. The van der Waals surface area contributed by atoms with Gasteiger partial charge in [-0.2, -0.15) is 8.42 Å². The second kappa shape index (κ2) is 5.17. The monoisotopic (exact) mass is 279 g/mol. The zero-order chi connectivity index (χ0) is 11.9. The van der Waals surface area contributed by atoms with Crippen molar-refractivity contribution in [3.8, 4) is 5.75 Å². The molecule has 0 aromatic heterocycles. The molecule has 4 nitrogen and oxygen atoms in total. The van der Waals surface area contributed by atoms with Crippen LogP contribution >= 0.6 is 12.6 Å². The predicted molar refractivity (Wildman–Crippen MR) is 68.4 cm³/mol. The van der Waals surface area contributed by atoms with E-state index in [1.165, 1.54) is 18.2 Å². The van der Waals surface area contributed by atoms with Crippen LogP contribution in [0.1, 0.15) is 0 Å². The van der Waals surface area contributed by atoms with Crippen molar-refractivity contribution < 1.29 is 18.1 Å². The number of rotatable bonds is 1. The standard InChI is InChI=1S/C10H8O4S2.Na/c11-9-3-1-2-7-8(9)4-6(5-10(7)15)16(12,13)14;/h1-5,11,15H,(H,12,13,14);. The maximum atomic E-state index is 11.0. The Morgan fingerprint density at radius 2 is 1.76 bits per heavy atom. The van der Waals surface area contributed by atoms with Gasteiger partial charge < -0.3 is 5.11 Å². The Kier molecular flexibility index (Phi) is 4.51. The second-order valence-corrected chi connectivity index (χ2v) is 5.19. The molecule has 0 spiro atoms. The van der Waals surface area contributed by atoms with Crippen LogP contribution in [0.4, 0.5) is 0 Å². The van der Waals surface area contributed by atoms with E-state index >= 15 is 0 Å². The zero-order valence-electron chi connectivity index (χ0n) is 8.95. The molecule has 0 aliphatic rings. The van der Waals surface area contributed by atoms with Gasteiger partial charge in [-0.05, 0) is 23.6 Å². The van der Waals surface area contributed by atoms with Crippen LogP contribution in [-0.2, 0) is 10.1 Å². The van der Waals surface area contributed by atoms with E-state index < -0.39 is 10.1 Å². The van der Waals surface area contributed by atoms with Gasteiger partial charge in [0.2, 0.25) is 0 Å². The van der Waals surface area contributed by atoms with Gasteiger partial charge in [-0.1, -0.05) is 12.1 Å². The summed E-state index contributed by atoms with van der Waals surface area (Å²) in [4.78, 5) is 0.0903. The third-order valence-corrected chi connectivity index (χ3v) is 3.42. The Labute approximate surface area is 126 Å². The Hall–Kier alpha value is -0.240. The molecule has 1 radical (unpaired) electrons. The van der Waals surface area contributed by atoms with Crippen LogP contribution in [0.2, 0.25) is 0 Å². The summed E-state index contributed by atoms with van der Waals surface area (Å²) in [7, 11) is -4.29. The minimum absolute atomic E-state index is 0. The van der Waals surface area contributed by atoms with Crippen molar-refractivity contribution in [3.63, 3.8) is 0 Å². The van der Waals surface area contributed by atoms with Gasteiger partial charge in [0, 0.05) is 39.8 Å². The third-order valence-electron chi connectivity index (χ3n) is 2.22. The topological polar surface area (TPSA) is 74.6 Å². The molecule has 0 bridgehead atoms. The zero-order valence-corrected chi connectivity index (χ0v) is 12.7. The second-order valence-electron chi connectivity index (χ2n) is 3.29. The van der Waals surface area contributed by atoms with Crippen molar-refractivity contribution in [1.29, 1.82) is 0 Å². The molecular formula is C10H8NaO4S2. The number of benzene rings is 2. The molecule has 2 rings (SSSR count). The maximum Gasteiger partial charge on any atom is 0.294 e. The Morgan fingerprint density at radius 1 is 1.12 bits per heavy atom. The van der Waals surface area contributed by atoms with Crippen molar-refractivity contribution >= 4 is 63.1 Å². The van der Waals surface area contributed by atoms with Crippen LogP contribution in [-0.4, -0.2) is 47.6 Å². The van der Waals surface area contributed by atoms with Gasteiger partial charge >= 0.3 is 0 Å². The first kappa shape index (κ1) is 14.8. The summed E-state index contributed by atoms with van der Waals surface area (Å²) in [5.74, 6) is -0.0571. The maximum absolute atomic E-state index is 11.0. The van der Waals surface area contributed by atoms with Gasteiger partial charge in [-0.3, -0.25) is 4.55 Å². The Morgan fingerprint density at radius 3 is 2.35 bits per heavy atom. The van der Waals surface area contributed by atoms with Gasteiger partial charge in [-0.25, -0.2) is 0 Å². The van der Waals surface area contributed by atoms with Gasteiger partial charge in [-0.15, -0.1) is 12.6 Å². The summed E-state index contributed by atoms with van der Waals surface area (Å²) in [5, 5.41) is 10.5. The normalized spacial score (nSPS) is 11.2. The largest absolute Gasteiger partial charge is 0.507 e. The molecule has 2 N–H and O–H groups in total. The van der Waals surface area contributed by atoms with E-state index in [0.717, 1.165) is 0 Å². The van der Waals surface area contributed by atoms with E-state index in [0.29, 0.717) is 15.7 Å². The van der Waals surface area contributed by atoms with E-state index in [4.69, 9.17) is 4.55 Å². The van der Waals surface area contributed by atoms with Crippen molar-refractivity contribution in [2.75, 3.05) is 0 Å². The van der Waals surface area contributed by atoms with Crippen LogP contribution in [0.15, 0.2) is 40.1 Å². The quantitative estimate of drug-likeness (QED) is 0.422. The van der Waals surface area contributed by atoms with E-state index in [1.54, 1.807) is 12.1 Å². The predicted octanol–water partition coefficient (Wildman–Crippen LogP) is 1.70. The Bertz CT molecular complexity index is 667. The van der Waals surface area contributed by atoms with Crippen molar-refractivity contribution in [2.45, 2.75) is 9.79 Å². The summed E-state index contributed by atoms with van der Waals surface area (Å²) in [6.07, 6.45) is 0. The first-order chi connectivity index (χ1) is 7.39. The minimum atomic E-state index is -4.29. The summed E-state index contributed by atoms with van der Waals surface area (Å²) in [6.45, 7) is 0. The molecule has 0 saturated heterocycles. The fraction of sp³-hybridized carbons (Fsp3) is 0. The molecule has 0 fully saturated rings. The molecule has 0 aliphatic carbocycles. The molecule has 0 saturated carbocycles. The molecule has 0 atom stereocenters. The fourth-order valence-electron chi connectivity index (χ4n) is 1.47. The number of hydrogen-bond acceptors (Lipinski definition) is 4. The molecule has 2 aromatic rings. The van der Waals surface area contributed by atoms with Crippen LogP contribution < -0.4 is 0 Å².